The van der Waals surface area contributed by atoms with E-state index in [1.807, 2.05) is 0 Å². The van der Waals surface area contributed by atoms with Crippen LogP contribution in [0, 0.1) is 0 Å². The number of carbonyl (C=O) groups is 2. The third kappa shape index (κ3) is 6.98. The number of anilines is 1. The maximum Gasteiger partial charge on any atom is 0.264 e. The average molecular weight is 579 g/mol. The molecule has 0 aliphatic rings. The van der Waals surface area contributed by atoms with E-state index in [2.05, 4.69) is 5.32 Å². The van der Waals surface area contributed by atoms with Gasteiger partial charge in [0.1, 0.15) is 18.3 Å². The first kappa shape index (κ1) is 29.3. The maximum atomic E-state index is 13.8. The van der Waals surface area contributed by atoms with Crippen molar-refractivity contribution < 1.29 is 22.7 Å². The number of benzene rings is 3. The van der Waals surface area contributed by atoms with Gasteiger partial charge in [0.05, 0.1) is 17.7 Å². The highest BCUT2D eigenvalue weighted by atomic mass is 35.5. The van der Waals surface area contributed by atoms with Crippen LogP contribution in [0.25, 0.3) is 0 Å². The molecule has 3 aromatic rings. The van der Waals surface area contributed by atoms with E-state index in [4.69, 9.17) is 27.9 Å². The molecule has 8 nitrogen and oxygen atoms in total. The molecule has 202 valence electrons. The monoisotopic (exact) mass is 577 g/mol. The van der Waals surface area contributed by atoms with Crippen LogP contribution in [0.1, 0.15) is 19.4 Å². The van der Waals surface area contributed by atoms with E-state index in [9.17, 15) is 18.0 Å². The summed E-state index contributed by atoms with van der Waals surface area (Å²) in [5.41, 5.74) is 0.820. The largest absolute Gasteiger partial charge is 0.497 e. The first-order valence-electron chi connectivity index (χ1n) is 11.8. The normalized spacial score (nSPS) is 11.9. The van der Waals surface area contributed by atoms with E-state index >= 15 is 0 Å². The van der Waals surface area contributed by atoms with Crippen LogP contribution in [0.4, 0.5) is 5.69 Å². The molecule has 0 bridgehead atoms. The average Bonchev–Trinajstić information content (AvgIpc) is 2.91. The highest BCUT2D eigenvalue weighted by Crippen LogP contribution is 2.27. The minimum absolute atomic E-state index is 0.0210. The Labute approximate surface area is 233 Å². The number of likely N-dealkylation sites (N-methyl/N-ethyl adjacent to an activating group) is 1. The Morgan fingerprint density at radius 2 is 1.66 bits per heavy atom. The van der Waals surface area contributed by atoms with E-state index in [0.717, 1.165) is 4.31 Å². The van der Waals surface area contributed by atoms with Crippen molar-refractivity contribution in [2.24, 2.45) is 0 Å². The van der Waals surface area contributed by atoms with Crippen LogP contribution >= 0.6 is 23.2 Å². The Hall–Kier alpha value is -3.27. The highest BCUT2D eigenvalue weighted by molar-refractivity contribution is 7.92. The van der Waals surface area contributed by atoms with Gasteiger partial charge in [-0.3, -0.25) is 13.9 Å². The van der Waals surface area contributed by atoms with Crippen molar-refractivity contribution in [1.82, 2.24) is 10.2 Å². The zero-order valence-electron chi connectivity index (χ0n) is 21.2. The van der Waals surface area contributed by atoms with E-state index in [1.54, 1.807) is 74.5 Å². The molecule has 0 spiro atoms. The number of hydrogen-bond donors (Lipinski definition) is 1. The van der Waals surface area contributed by atoms with E-state index in [0.29, 0.717) is 27.9 Å². The van der Waals surface area contributed by atoms with Gasteiger partial charge in [-0.15, -0.1) is 0 Å². The topological polar surface area (TPSA) is 96.0 Å². The lowest BCUT2D eigenvalue weighted by Crippen LogP contribution is -2.51. The molecule has 1 atom stereocenters. The number of rotatable bonds is 11. The van der Waals surface area contributed by atoms with Crippen molar-refractivity contribution in [2.45, 2.75) is 31.3 Å². The molecule has 38 heavy (non-hydrogen) atoms. The molecule has 1 N–H and O–H groups in total. The lowest BCUT2D eigenvalue weighted by Gasteiger charge is -2.32. The molecule has 0 saturated heterocycles. The van der Waals surface area contributed by atoms with Gasteiger partial charge in [0.2, 0.25) is 11.8 Å². The van der Waals surface area contributed by atoms with Gasteiger partial charge in [-0.2, -0.15) is 0 Å². The number of nitrogens with one attached hydrogen (secondary N) is 1. The second kappa shape index (κ2) is 13.0. The first-order chi connectivity index (χ1) is 18.1. The summed E-state index contributed by atoms with van der Waals surface area (Å²) >= 11 is 12.4. The Balaban J connectivity index is 2.04. The van der Waals surface area contributed by atoms with E-state index in [-0.39, 0.29) is 23.0 Å². The molecule has 0 radical (unpaired) electrons. The molecule has 2 amide bonds. The van der Waals surface area contributed by atoms with Gasteiger partial charge in [-0.1, -0.05) is 47.5 Å². The fourth-order valence-corrected chi connectivity index (χ4v) is 5.64. The highest BCUT2D eigenvalue weighted by Gasteiger charge is 2.32. The summed E-state index contributed by atoms with van der Waals surface area (Å²) in [6.07, 6.45) is 0. The summed E-state index contributed by atoms with van der Waals surface area (Å²) in [5.74, 6) is -0.445. The summed E-state index contributed by atoms with van der Waals surface area (Å²) < 4.78 is 33.6. The fourth-order valence-electron chi connectivity index (χ4n) is 3.73. The van der Waals surface area contributed by atoms with Crippen LogP contribution in [-0.4, -0.2) is 51.4 Å². The van der Waals surface area contributed by atoms with E-state index in [1.165, 1.54) is 24.1 Å². The second-order valence-electron chi connectivity index (χ2n) is 8.35. The summed E-state index contributed by atoms with van der Waals surface area (Å²) in [7, 11) is -2.64. The molecule has 0 unspecified atom stereocenters. The predicted octanol–water partition coefficient (Wildman–Crippen LogP) is 4.75. The number of amides is 2. The van der Waals surface area contributed by atoms with Gasteiger partial charge in [0, 0.05) is 23.1 Å². The molecule has 3 rings (SSSR count). The number of hydrogen-bond acceptors (Lipinski definition) is 5. The summed E-state index contributed by atoms with van der Waals surface area (Å²) in [6, 6.07) is 18.1. The van der Waals surface area contributed by atoms with Crippen molar-refractivity contribution in [1.29, 1.82) is 0 Å². The van der Waals surface area contributed by atoms with Crippen molar-refractivity contribution in [3.8, 4) is 5.75 Å². The summed E-state index contributed by atoms with van der Waals surface area (Å²) in [5, 5.41) is 3.46. The number of ether oxygens (including phenoxy) is 1. The van der Waals surface area contributed by atoms with Crippen molar-refractivity contribution in [3.05, 3.63) is 88.4 Å². The lowest BCUT2D eigenvalue weighted by molar-refractivity contribution is -0.139. The van der Waals surface area contributed by atoms with Gasteiger partial charge < -0.3 is 15.0 Å². The number of sulfonamides is 1. The zero-order chi connectivity index (χ0) is 27.9. The molecular weight excluding hydrogens is 549 g/mol. The number of halogens is 2. The smallest absolute Gasteiger partial charge is 0.264 e. The van der Waals surface area contributed by atoms with Gasteiger partial charge >= 0.3 is 0 Å². The van der Waals surface area contributed by atoms with Gasteiger partial charge in [0.25, 0.3) is 10.0 Å². The van der Waals surface area contributed by atoms with Crippen molar-refractivity contribution >= 4 is 50.7 Å². The van der Waals surface area contributed by atoms with Crippen molar-refractivity contribution in [3.63, 3.8) is 0 Å². The quantitative estimate of drug-likeness (QED) is 0.354. The predicted molar refractivity (Wildman–Crippen MR) is 149 cm³/mol. The SMILES string of the molecule is CCNC(=O)[C@H](C)N(Cc1ccc(Cl)cc1Cl)C(=O)CN(c1ccc(OC)cc1)S(=O)(=O)c1ccccc1. The fraction of sp³-hybridized carbons (Fsp3) is 0.259. The third-order valence-corrected chi connectivity index (χ3v) is 8.22. The van der Waals surface area contributed by atoms with Crippen LogP contribution in [0.15, 0.2) is 77.7 Å². The molecular formula is C27H29Cl2N3O5S. The maximum absolute atomic E-state index is 13.8. The van der Waals surface area contributed by atoms with Crippen LogP contribution < -0.4 is 14.4 Å². The number of carbonyl (C=O) groups excluding carboxylic acids is 2. The molecule has 0 aliphatic heterocycles. The van der Waals surface area contributed by atoms with Crippen LogP contribution in [-0.2, 0) is 26.2 Å². The van der Waals surface area contributed by atoms with Crippen LogP contribution in [0.2, 0.25) is 10.0 Å². The summed E-state index contributed by atoms with van der Waals surface area (Å²) in [4.78, 5) is 27.9. The Morgan fingerprint density at radius 1 is 1.00 bits per heavy atom. The molecule has 0 aromatic heterocycles. The molecule has 0 saturated carbocycles. The van der Waals surface area contributed by atoms with Gasteiger partial charge in [0.15, 0.2) is 0 Å². The van der Waals surface area contributed by atoms with Crippen molar-refractivity contribution in [2.75, 3.05) is 24.5 Å². The second-order valence-corrected chi connectivity index (χ2v) is 11.1. The molecule has 3 aromatic carbocycles. The Kier molecular flexibility index (Phi) is 10.0. The molecule has 0 fully saturated rings. The van der Waals surface area contributed by atoms with Gasteiger partial charge in [-0.05, 0) is 67.9 Å². The Morgan fingerprint density at radius 3 is 2.24 bits per heavy atom. The van der Waals surface area contributed by atoms with Gasteiger partial charge in [-0.25, -0.2) is 8.42 Å². The third-order valence-electron chi connectivity index (χ3n) is 5.84. The number of methoxy groups -OCH3 is 1. The van der Waals surface area contributed by atoms with Crippen LogP contribution in [0.5, 0.6) is 5.75 Å². The molecule has 0 aliphatic carbocycles. The lowest BCUT2D eigenvalue weighted by atomic mass is 10.1. The molecule has 0 heterocycles. The number of nitrogens with zero attached hydrogens (tertiary/aromatic N) is 2. The minimum atomic E-state index is -4.14. The Bertz CT molecular complexity index is 1370. The zero-order valence-corrected chi connectivity index (χ0v) is 23.6. The molecule has 11 heteroatoms. The summed E-state index contributed by atoms with van der Waals surface area (Å²) in [6.45, 7) is 3.13. The van der Waals surface area contributed by atoms with E-state index < -0.39 is 28.5 Å². The van der Waals surface area contributed by atoms with Crippen LogP contribution in [0.3, 0.4) is 0 Å². The minimum Gasteiger partial charge on any atom is -0.497 e. The standard InChI is InChI=1S/C27H29Cl2N3O5S/c1-4-30-27(34)19(2)31(17-20-10-11-21(28)16-25(20)29)26(33)18-32(22-12-14-23(37-3)15-13-22)38(35,36)24-8-6-5-7-9-24/h5-16,19H,4,17-18H2,1-3H3,(H,30,34)/t19-/m0/s1. The first-order valence-corrected chi connectivity index (χ1v) is 14.0.